The number of nitrogens with two attached hydrogens (primary N) is 1. The maximum absolute atomic E-state index is 12.9. The van der Waals surface area contributed by atoms with E-state index in [0.29, 0.717) is 13.1 Å². The van der Waals surface area contributed by atoms with E-state index < -0.39 is 47.7 Å². The van der Waals surface area contributed by atoms with E-state index in [-0.39, 0.29) is 5.92 Å². The second kappa shape index (κ2) is 9.16. The van der Waals surface area contributed by atoms with Crippen LogP contribution >= 0.6 is 0 Å². The van der Waals surface area contributed by atoms with Crippen LogP contribution in [-0.2, 0) is 19.2 Å². The van der Waals surface area contributed by atoms with Crippen LogP contribution in [0, 0.1) is 5.92 Å². The lowest BCUT2D eigenvalue weighted by Crippen LogP contribution is -2.60. The molecule has 0 saturated carbocycles. The van der Waals surface area contributed by atoms with Crippen molar-refractivity contribution in [2.45, 2.75) is 64.6 Å². The molecule has 154 valence electrons. The van der Waals surface area contributed by atoms with Crippen LogP contribution in [0.3, 0.4) is 0 Å². The second-order valence-corrected chi connectivity index (χ2v) is 8.02. The van der Waals surface area contributed by atoms with E-state index in [1.165, 1.54) is 11.9 Å². The monoisotopic (exact) mass is 384 g/mol. The first-order valence-electron chi connectivity index (χ1n) is 9.23. The molecular formula is C18H32N4O5. The third kappa shape index (κ3) is 6.20. The van der Waals surface area contributed by atoms with Gasteiger partial charge in [-0.2, -0.15) is 0 Å². The van der Waals surface area contributed by atoms with E-state index in [1.807, 2.05) is 0 Å². The maximum Gasteiger partial charge on any atom is 0.305 e. The number of amides is 3. The molecule has 0 spiro atoms. The number of carboxylic acids is 1. The minimum absolute atomic E-state index is 0.256. The van der Waals surface area contributed by atoms with Crippen molar-refractivity contribution in [3.05, 3.63) is 0 Å². The lowest BCUT2D eigenvalue weighted by atomic mass is 9.97. The molecule has 0 bridgehead atoms. The fraction of sp³-hybridized carbons (Fsp3) is 0.778. The zero-order valence-electron chi connectivity index (χ0n) is 16.8. The Morgan fingerprint density at radius 1 is 1.19 bits per heavy atom. The normalized spacial score (nSPS) is 16.8. The highest BCUT2D eigenvalue weighted by Gasteiger charge is 2.38. The minimum atomic E-state index is -1.18. The van der Waals surface area contributed by atoms with Gasteiger partial charge in [0, 0.05) is 20.1 Å². The van der Waals surface area contributed by atoms with Crippen molar-refractivity contribution >= 4 is 23.7 Å². The first-order chi connectivity index (χ1) is 12.4. The van der Waals surface area contributed by atoms with Crippen molar-refractivity contribution in [1.29, 1.82) is 0 Å². The molecule has 1 unspecified atom stereocenters. The third-order valence-electron chi connectivity index (χ3n) is 4.60. The highest BCUT2D eigenvalue weighted by molar-refractivity contribution is 5.95. The number of likely N-dealkylation sites (N-methyl/N-ethyl adjacent to an activating group) is 1. The van der Waals surface area contributed by atoms with Crippen molar-refractivity contribution in [2.75, 3.05) is 20.1 Å². The van der Waals surface area contributed by atoms with Gasteiger partial charge in [-0.05, 0) is 32.6 Å². The van der Waals surface area contributed by atoms with Crippen LogP contribution in [0.15, 0.2) is 0 Å². The highest BCUT2D eigenvalue weighted by Crippen LogP contribution is 2.16. The summed E-state index contributed by atoms with van der Waals surface area (Å²) in [6.07, 6.45) is 1.21. The zero-order valence-corrected chi connectivity index (χ0v) is 16.8. The molecule has 3 amide bonds. The van der Waals surface area contributed by atoms with E-state index >= 15 is 0 Å². The third-order valence-corrected chi connectivity index (χ3v) is 4.60. The fourth-order valence-corrected chi connectivity index (χ4v) is 3.30. The van der Waals surface area contributed by atoms with Gasteiger partial charge in [-0.1, -0.05) is 13.8 Å². The molecule has 1 saturated heterocycles. The molecule has 0 aromatic carbocycles. The molecule has 0 radical (unpaired) electrons. The number of rotatable bonds is 8. The molecule has 1 aliphatic rings. The molecule has 0 aliphatic carbocycles. The van der Waals surface area contributed by atoms with Gasteiger partial charge in [0.2, 0.25) is 17.7 Å². The van der Waals surface area contributed by atoms with Crippen molar-refractivity contribution < 1.29 is 24.3 Å². The largest absolute Gasteiger partial charge is 0.481 e. The Bertz CT molecular complexity index is 579. The van der Waals surface area contributed by atoms with Crippen LogP contribution in [0.25, 0.3) is 0 Å². The van der Waals surface area contributed by atoms with E-state index in [2.05, 4.69) is 5.32 Å². The Morgan fingerprint density at radius 3 is 2.11 bits per heavy atom. The zero-order chi connectivity index (χ0) is 20.9. The van der Waals surface area contributed by atoms with E-state index in [9.17, 15) is 19.2 Å². The first kappa shape index (κ1) is 22.9. The molecule has 0 aromatic heterocycles. The molecule has 1 aliphatic heterocycles. The molecule has 1 rings (SSSR count). The van der Waals surface area contributed by atoms with Crippen LogP contribution in [0.4, 0.5) is 0 Å². The highest BCUT2D eigenvalue weighted by atomic mass is 16.4. The van der Waals surface area contributed by atoms with Gasteiger partial charge in [-0.25, -0.2) is 0 Å². The van der Waals surface area contributed by atoms with Gasteiger partial charge in [0.25, 0.3) is 0 Å². The summed E-state index contributed by atoms with van der Waals surface area (Å²) >= 11 is 0. The summed E-state index contributed by atoms with van der Waals surface area (Å²) in [7, 11) is 1.48. The lowest BCUT2D eigenvalue weighted by Gasteiger charge is -2.35. The Balaban J connectivity index is 2.99. The molecule has 9 heteroatoms. The van der Waals surface area contributed by atoms with Gasteiger partial charge in [0.15, 0.2) is 0 Å². The van der Waals surface area contributed by atoms with Crippen LogP contribution < -0.4 is 11.1 Å². The SMILES string of the molecule is CC(C)C(C(=O)N[C@@H](CC(=O)O)C(=O)N1CCCC1)N(C)C(=O)C(C)(C)N. The second-order valence-electron chi connectivity index (χ2n) is 8.02. The number of carboxylic acid groups (broad SMARTS) is 1. The van der Waals surface area contributed by atoms with Gasteiger partial charge in [0.1, 0.15) is 12.1 Å². The van der Waals surface area contributed by atoms with Crippen molar-refractivity contribution in [2.24, 2.45) is 11.7 Å². The Kier molecular flexibility index (Phi) is 7.77. The predicted molar refractivity (Wildman–Crippen MR) is 99.7 cm³/mol. The first-order valence-corrected chi connectivity index (χ1v) is 9.23. The number of nitrogens with one attached hydrogen (secondary N) is 1. The molecule has 9 nitrogen and oxygen atoms in total. The van der Waals surface area contributed by atoms with Crippen LogP contribution in [-0.4, -0.2) is 76.4 Å². The van der Waals surface area contributed by atoms with Gasteiger partial charge < -0.3 is 26.0 Å². The Morgan fingerprint density at radius 2 is 1.70 bits per heavy atom. The molecule has 0 aromatic rings. The molecule has 27 heavy (non-hydrogen) atoms. The quantitative estimate of drug-likeness (QED) is 0.530. The summed E-state index contributed by atoms with van der Waals surface area (Å²) < 4.78 is 0. The number of hydrogen-bond donors (Lipinski definition) is 3. The molecule has 1 heterocycles. The van der Waals surface area contributed by atoms with Gasteiger partial charge in [-0.3, -0.25) is 19.2 Å². The van der Waals surface area contributed by atoms with Gasteiger partial charge in [-0.15, -0.1) is 0 Å². The molecular weight excluding hydrogens is 352 g/mol. The van der Waals surface area contributed by atoms with Crippen LogP contribution in [0.5, 0.6) is 0 Å². The number of hydrogen-bond acceptors (Lipinski definition) is 5. The van der Waals surface area contributed by atoms with E-state index in [1.54, 1.807) is 32.6 Å². The number of likely N-dealkylation sites (tertiary alicyclic amines) is 1. The summed E-state index contributed by atoms with van der Waals surface area (Å²) in [5.41, 5.74) is 4.70. The minimum Gasteiger partial charge on any atom is -0.481 e. The Hall–Kier alpha value is -2.16. The fourth-order valence-electron chi connectivity index (χ4n) is 3.30. The average Bonchev–Trinajstić information content (AvgIpc) is 3.05. The van der Waals surface area contributed by atoms with Crippen molar-refractivity contribution in [3.63, 3.8) is 0 Å². The average molecular weight is 384 g/mol. The summed E-state index contributed by atoms with van der Waals surface area (Å²) in [5, 5.41) is 11.7. The van der Waals surface area contributed by atoms with E-state index in [0.717, 1.165) is 12.8 Å². The maximum atomic E-state index is 12.9. The molecule has 4 N–H and O–H groups in total. The predicted octanol–water partition coefficient (Wildman–Crippen LogP) is -0.211. The van der Waals surface area contributed by atoms with E-state index in [4.69, 9.17) is 10.8 Å². The summed E-state index contributed by atoms with van der Waals surface area (Å²) in [6, 6.07) is -2.04. The summed E-state index contributed by atoms with van der Waals surface area (Å²) in [4.78, 5) is 52.0. The Labute approximate surface area is 160 Å². The standard InChI is InChI=1S/C18H32N4O5/c1-11(2)14(21(5)17(27)18(3,4)19)15(25)20-12(10-13(23)24)16(26)22-8-6-7-9-22/h11-12,14H,6-10,19H2,1-5H3,(H,20,25)(H,23,24)/t12-,14?/m0/s1. The summed E-state index contributed by atoms with van der Waals surface area (Å²) in [5.74, 6) is -2.82. The number of nitrogens with zero attached hydrogens (tertiary/aromatic N) is 2. The molecule has 2 atom stereocenters. The van der Waals surface area contributed by atoms with Crippen molar-refractivity contribution in [3.8, 4) is 0 Å². The van der Waals surface area contributed by atoms with Crippen LogP contribution in [0.2, 0.25) is 0 Å². The van der Waals surface area contributed by atoms with Gasteiger partial charge >= 0.3 is 5.97 Å². The smallest absolute Gasteiger partial charge is 0.305 e. The van der Waals surface area contributed by atoms with Gasteiger partial charge in [0.05, 0.1) is 12.0 Å². The topological polar surface area (TPSA) is 133 Å². The number of carbonyl (C=O) groups excluding carboxylic acids is 3. The molecule has 1 fully saturated rings. The van der Waals surface area contributed by atoms with Crippen molar-refractivity contribution in [1.82, 2.24) is 15.1 Å². The summed E-state index contributed by atoms with van der Waals surface area (Å²) in [6.45, 7) is 7.74. The van der Waals surface area contributed by atoms with Crippen LogP contribution in [0.1, 0.15) is 47.0 Å². The number of aliphatic carboxylic acids is 1. The lowest BCUT2D eigenvalue weighted by molar-refractivity contribution is -0.147. The number of carbonyl (C=O) groups is 4.